The Morgan fingerprint density at radius 2 is 2.00 bits per heavy atom. The number of halogens is 1. The molecule has 2 aromatic rings. The zero-order valence-electron chi connectivity index (χ0n) is 8.43. The van der Waals surface area contributed by atoms with Crippen LogP contribution in [0.15, 0.2) is 41.5 Å². The van der Waals surface area contributed by atoms with Gasteiger partial charge in [-0.15, -0.1) is 0 Å². The summed E-state index contributed by atoms with van der Waals surface area (Å²) in [7, 11) is 0. The Morgan fingerprint density at radius 3 is 2.69 bits per heavy atom. The van der Waals surface area contributed by atoms with Crippen molar-refractivity contribution in [2.45, 2.75) is 6.54 Å². The lowest BCUT2D eigenvalue weighted by atomic mass is 10.2. The molecule has 2 rings (SSSR count). The van der Waals surface area contributed by atoms with Crippen LogP contribution < -0.4 is 11.3 Å². The summed E-state index contributed by atoms with van der Waals surface area (Å²) in [6.07, 6.45) is 1.40. The van der Waals surface area contributed by atoms with Gasteiger partial charge in [-0.1, -0.05) is 41.9 Å². The fourth-order valence-electron chi connectivity index (χ4n) is 1.38. The Kier molecular flexibility index (Phi) is 2.92. The number of hydrogen-bond donors (Lipinski definition) is 1. The summed E-state index contributed by atoms with van der Waals surface area (Å²) in [5, 5.41) is 0.0503. The molecular formula is C11H10ClN3O. The number of rotatable bonds is 2. The van der Waals surface area contributed by atoms with Crippen molar-refractivity contribution in [2.75, 3.05) is 5.73 Å². The van der Waals surface area contributed by atoms with Gasteiger partial charge < -0.3 is 5.73 Å². The normalized spacial score (nSPS) is 10.3. The maximum atomic E-state index is 11.7. The summed E-state index contributed by atoms with van der Waals surface area (Å²) in [5.74, 6) is 0. The van der Waals surface area contributed by atoms with E-state index in [0.29, 0.717) is 6.54 Å². The molecule has 1 heterocycles. The molecule has 0 radical (unpaired) electrons. The fourth-order valence-corrected chi connectivity index (χ4v) is 1.50. The molecule has 1 aromatic carbocycles. The van der Waals surface area contributed by atoms with Crippen LogP contribution in [-0.4, -0.2) is 9.55 Å². The third kappa shape index (κ3) is 2.06. The lowest BCUT2D eigenvalue weighted by molar-refractivity contribution is 0.739. The van der Waals surface area contributed by atoms with Crippen molar-refractivity contribution < 1.29 is 0 Å². The largest absolute Gasteiger partial charge is 0.392 e. The van der Waals surface area contributed by atoms with E-state index in [-0.39, 0.29) is 16.4 Å². The third-order valence-corrected chi connectivity index (χ3v) is 2.52. The van der Waals surface area contributed by atoms with Crippen molar-refractivity contribution in [3.63, 3.8) is 0 Å². The Hall–Kier alpha value is -1.81. The topological polar surface area (TPSA) is 60.9 Å². The molecule has 4 nitrogen and oxygen atoms in total. The quantitative estimate of drug-likeness (QED) is 0.803. The van der Waals surface area contributed by atoms with Crippen LogP contribution in [0.1, 0.15) is 5.56 Å². The predicted octanol–water partition coefficient (Wildman–Crippen LogP) is 1.53. The molecule has 0 saturated carbocycles. The fraction of sp³-hybridized carbons (Fsp3) is 0.0909. The van der Waals surface area contributed by atoms with Crippen LogP contribution >= 0.6 is 11.6 Å². The van der Waals surface area contributed by atoms with Crippen molar-refractivity contribution in [3.8, 4) is 0 Å². The maximum absolute atomic E-state index is 11.7. The molecule has 5 heteroatoms. The molecule has 0 aliphatic carbocycles. The van der Waals surface area contributed by atoms with E-state index in [1.54, 1.807) is 0 Å². The molecule has 0 aliphatic rings. The Bertz CT molecular complexity index is 551. The summed E-state index contributed by atoms with van der Waals surface area (Å²) in [4.78, 5) is 15.5. The minimum absolute atomic E-state index is 0.0138. The predicted molar refractivity (Wildman–Crippen MR) is 63.5 cm³/mol. The average molecular weight is 236 g/mol. The van der Waals surface area contributed by atoms with Gasteiger partial charge in [0.15, 0.2) is 5.15 Å². The third-order valence-electron chi connectivity index (χ3n) is 2.22. The van der Waals surface area contributed by atoms with E-state index >= 15 is 0 Å². The Labute approximate surface area is 97.3 Å². The first kappa shape index (κ1) is 10.7. The van der Waals surface area contributed by atoms with Crippen LogP contribution in [0.3, 0.4) is 0 Å². The second kappa shape index (κ2) is 4.37. The average Bonchev–Trinajstić information content (AvgIpc) is 2.31. The number of nitrogen functional groups attached to an aromatic ring is 1. The SMILES string of the molecule is Nc1c(Cl)ncn(Cc2ccccc2)c1=O. The molecule has 0 spiro atoms. The van der Waals surface area contributed by atoms with E-state index in [1.807, 2.05) is 30.3 Å². The van der Waals surface area contributed by atoms with Crippen LogP contribution in [0.4, 0.5) is 5.69 Å². The Morgan fingerprint density at radius 1 is 1.31 bits per heavy atom. The van der Waals surface area contributed by atoms with Crippen LogP contribution in [0.5, 0.6) is 0 Å². The second-order valence-corrected chi connectivity index (χ2v) is 3.73. The number of anilines is 1. The summed E-state index contributed by atoms with van der Waals surface area (Å²) >= 11 is 5.64. The van der Waals surface area contributed by atoms with Gasteiger partial charge in [0.05, 0.1) is 12.9 Å². The lowest BCUT2D eigenvalue weighted by Crippen LogP contribution is -2.24. The van der Waals surface area contributed by atoms with Crippen molar-refractivity contribution in [2.24, 2.45) is 0 Å². The summed E-state index contributed by atoms with van der Waals surface area (Å²) < 4.78 is 1.43. The van der Waals surface area contributed by atoms with Gasteiger partial charge in [-0.2, -0.15) is 0 Å². The van der Waals surface area contributed by atoms with Gasteiger partial charge in [-0.3, -0.25) is 9.36 Å². The molecule has 82 valence electrons. The molecule has 0 saturated heterocycles. The minimum atomic E-state index is -0.316. The number of nitrogens with zero attached hydrogens (tertiary/aromatic N) is 2. The van der Waals surface area contributed by atoms with Crippen molar-refractivity contribution >= 4 is 17.3 Å². The summed E-state index contributed by atoms with van der Waals surface area (Å²) in [6, 6.07) is 9.59. The summed E-state index contributed by atoms with van der Waals surface area (Å²) in [5.41, 5.74) is 6.19. The molecule has 0 unspecified atom stereocenters. The van der Waals surface area contributed by atoms with Gasteiger partial charge in [-0.05, 0) is 5.56 Å². The van der Waals surface area contributed by atoms with E-state index < -0.39 is 0 Å². The first-order valence-electron chi connectivity index (χ1n) is 4.73. The highest BCUT2D eigenvalue weighted by Gasteiger charge is 2.05. The van der Waals surface area contributed by atoms with Crippen LogP contribution in [0, 0.1) is 0 Å². The lowest BCUT2D eigenvalue weighted by Gasteiger charge is -2.06. The molecule has 16 heavy (non-hydrogen) atoms. The van der Waals surface area contributed by atoms with Crippen LogP contribution in [0.2, 0.25) is 5.15 Å². The van der Waals surface area contributed by atoms with Crippen molar-refractivity contribution in [3.05, 3.63) is 57.7 Å². The van der Waals surface area contributed by atoms with E-state index in [4.69, 9.17) is 17.3 Å². The smallest absolute Gasteiger partial charge is 0.278 e. The number of benzene rings is 1. The number of nitrogens with two attached hydrogens (primary N) is 1. The zero-order chi connectivity index (χ0) is 11.5. The van der Waals surface area contributed by atoms with Gasteiger partial charge in [0.25, 0.3) is 5.56 Å². The standard InChI is InChI=1S/C11H10ClN3O/c12-10-9(13)11(16)15(7-14-10)6-8-4-2-1-3-5-8/h1-5,7H,6,13H2. The molecule has 0 amide bonds. The molecule has 0 bridgehead atoms. The van der Waals surface area contributed by atoms with Gasteiger partial charge in [0.1, 0.15) is 5.69 Å². The Balaban J connectivity index is 2.37. The van der Waals surface area contributed by atoms with Gasteiger partial charge in [0, 0.05) is 0 Å². The summed E-state index contributed by atoms with van der Waals surface area (Å²) in [6.45, 7) is 0.439. The van der Waals surface area contributed by atoms with E-state index in [1.165, 1.54) is 10.9 Å². The van der Waals surface area contributed by atoms with Gasteiger partial charge in [0.2, 0.25) is 0 Å². The number of aromatic nitrogens is 2. The first-order valence-corrected chi connectivity index (χ1v) is 5.10. The molecule has 0 aliphatic heterocycles. The highest BCUT2D eigenvalue weighted by Crippen LogP contribution is 2.09. The van der Waals surface area contributed by atoms with Crippen LogP contribution in [-0.2, 0) is 6.54 Å². The van der Waals surface area contributed by atoms with E-state index in [9.17, 15) is 4.79 Å². The van der Waals surface area contributed by atoms with Gasteiger partial charge in [-0.25, -0.2) is 4.98 Å². The monoisotopic (exact) mass is 235 g/mol. The molecule has 0 fully saturated rings. The van der Waals surface area contributed by atoms with E-state index in [2.05, 4.69) is 4.98 Å². The molecule has 0 atom stereocenters. The van der Waals surface area contributed by atoms with Gasteiger partial charge >= 0.3 is 0 Å². The van der Waals surface area contributed by atoms with Crippen molar-refractivity contribution in [1.82, 2.24) is 9.55 Å². The van der Waals surface area contributed by atoms with E-state index in [0.717, 1.165) is 5.56 Å². The van der Waals surface area contributed by atoms with Crippen molar-refractivity contribution in [1.29, 1.82) is 0 Å². The molecular weight excluding hydrogens is 226 g/mol. The minimum Gasteiger partial charge on any atom is -0.392 e. The van der Waals surface area contributed by atoms with Crippen LogP contribution in [0.25, 0.3) is 0 Å². The maximum Gasteiger partial charge on any atom is 0.278 e. The highest BCUT2D eigenvalue weighted by atomic mass is 35.5. The zero-order valence-corrected chi connectivity index (χ0v) is 9.19. The highest BCUT2D eigenvalue weighted by molar-refractivity contribution is 6.31. The first-order chi connectivity index (χ1) is 7.68. The molecule has 2 N–H and O–H groups in total. The number of hydrogen-bond acceptors (Lipinski definition) is 3. The second-order valence-electron chi connectivity index (χ2n) is 3.37. The molecule has 1 aromatic heterocycles.